The quantitative estimate of drug-likeness (QED) is 0.439. The summed E-state index contributed by atoms with van der Waals surface area (Å²) < 4.78 is 0.194. The van der Waals surface area contributed by atoms with Gasteiger partial charge in [-0.3, -0.25) is 6.08 Å². The fourth-order valence-electron chi connectivity index (χ4n) is 3.69. The van der Waals surface area contributed by atoms with Crippen LogP contribution in [0.2, 0.25) is 0 Å². The van der Waals surface area contributed by atoms with Gasteiger partial charge in [0.15, 0.2) is 0 Å². The van der Waals surface area contributed by atoms with Crippen LogP contribution in [0.1, 0.15) is 74.1 Å². The first-order valence-corrected chi connectivity index (χ1v) is 10.4. The Kier molecular flexibility index (Phi) is 12.9. The Morgan fingerprint density at radius 2 is 1.70 bits per heavy atom. The minimum absolute atomic E-state index is 0. The Morgan fingerprint density at radius 1 is 1.07 bits per heavy atom. The predicted molar refractivity (Wildman–Crippen MR) is 110 cm³/mol. The molecule has 1 unspecified atom stereocenters. The van der Waals surface area contributed by atoms with E-state index in [1.807, 2.05) is 0 Å². The van der Waals surface area contributed by atoms with Crippen molar-refractivity contribution in [3.63, 3.8) is 0 Å². The maximum atomic E-state index is 3.56. The molecule has 0 bridgehead atoms. The minimum Gasteiger partial charge on any atom is -1.00 e. The molecule has 0 amide bonds. The molecule has 0 N–H and O–H groups in total. The Bertz CT molecular complexity index is 588. The van der Waals surface area contributed by atoms with Gasteiger partial charge in [-0.1, -0.05) is 60.6 Å². The van der Waals surface area contributed by atoms with Gasteiger partial charge in [0.25, 0.3) is 0 Å². The van der Waals surface area contributed by atoms with E-state index in [-0.39, 0.29) is 62.1 Å². The smallest absolute Gasteiger partial charge is 1.00 e. The van der Waals surface area contributed by atoms with Gasteiger partial charge < -0.3 is 24.8 Å². The number of hydrogen-bond acceptors (Lipinski definition) is 1. The van der Waals surface area contributed by atoms with Crippen molar-refractivity contribution < 1.29 is 46.5 Å². The van der Waals surface area contributed by atoms with Crippen LogP contribution >= 0.6 is 11.8 Å². The van der Waals surface area contributed by atoms with E-state index in [9.17, 15) is 0 Å². The predicted octanol–water partition coefficient (Wildman–Crippen LogP) is 1.30. The molecule has 2 aliphatic carbocycles. The van der Waals surface area contributed by atoms with Crippen LogP contribution in [0.25, 0.3) is 0 Å². The van der Waals surface area contributed by atoms with Crippen molar-refractivity contribution in [1.29, 1.82) is 0 Å². The van der Waals surface area contributed by atoms with Crippen LogP contribution in [0.4, 0.5) is 0 Å². The molecule has 0 spiro atoms. The molecule has 0 aromatic rings. The summed E-state index contributed by atoms with van der Waals surface area (Å²) in [4.78, 5) is 0. The van der Waals surface area contributed by atoms with E-state index in [0.717, 1.165) is 19.3 Å². The first kappa shape index (κ1) is 29.8. The molecule has 27 heavy (non-hydrogen) atoms. The van der Waals surface area contributed by atoms with E-state index in [1.165, 1.54) is 23.3 Å². The first-order chi connectivity index (χ1) is 11.1. The average molecular weight is 462 g/mol. The maximum absolute atomic E-state index is 3.56. The standard InChI is InChI=1S/C23H35S.2ClH.Ti/c1-8-15-24-23(17-18-11-9-10-12-18)14-13-19(21(2,3)4)16-20(23)22(5,6)7;;;/h9,11,13,16H,8,10,14-15,17H2,1-7H3;2*1H;/q-1;;;+3/p-2. The molecular weight excluding hydrogens is 427 g/mol. The number of hydrogen-bond donors (Lipinski definition) is 0. The summed E-state index contributed by atoms with van der Waals surface area (Å²) in [6.07, 6.45) is 17.6. The number of halogens is 2. The molecule has 0 aromatic heterocycles. The summed E-state index contributed by atoms with van der Waals surface area (Å²) in [5, 5.41) is 0. The second-order valence-corrected chi connectivity index (χ2v) is 10.7. The van der Waals surface area contributed by atoms with Crippen LogP contribution in [0, 0.1) is 16.9 Å². The monoisotopic (exact) mass is 461 g/mol. The van der Waals surface area contributed by atoms with E-state index in [2.05, 4.69) is 90.6 Å². The van der Waals surface area contributed by atoms with Crippen LogP contribution in [0.3, 0.4) is 0 Å². The summed E-state index contributed by atoms with van der Waals surface area (Å²) >= 11 is 2.17. The normalized spacial score (nSPS) is 22.0. The van der Waals surface area contributed by atoms with Crippen LogP contribution in [-0.2, 0) is 21.7 Å². The van der Waals surface area contributed by atoms with Gasteiger partial charge >= 0.3 is 21.7 Å². The zero-order valence-corrected chi connectivity index (χ0v) is 21.9. The molecule has 0 saturated heterocycles. The van der Waals surface area contributed by atoms with Crippen molar-refractivity contribution in [2.24, 2.45) is 10.8 Å². The van der Waals surface area contributed by atoms with Gasteiger partial charge in [0.1, 0.15) is 0 Å². The molecular formula is C23H35Cl2STi. The third-order valence-corrected chi connectivity index (χ3v) is 6.64. The van der Waals surface area contributed by atoms with Gasteiger partial charge in [-0.25, -0.2) is 11.6 Å². The molecule has 2 rings (SSSR count). The summed E-state index contributed by atoms with van der Waals surface area (Å²) in [5.74, 6) is 1.23. The second-order valence-electron chi connectivity index (χ2n) is 9.25. The van der Waals surface area contributed by atoms with Gasteiger partial charge in [-0.05, 0) is 47.0 Å². The zero-order valence-electron chi connectivity index (χ0n) is 18.0. The zero-order chi connectivity index (χ0) is 18.0. The topological polar surface area (TPSA) is 0 Å². The molecule has 0 saturated carbocycles. The fraction of sp³-hybridized carbons (Fsp3) is 0.652. The van der Waals surface area contributed by atoms with E-state index < -0.39 is 0 Å². The molecule has 0 heterocycles. The molecule has 151 valence electrons. The summed E-state index contributed by atoms with van der Waals surface area (Å²) in [7, 11) is 0. The van der Waals surface area contributed by atoms with Crippen LogP contribution < -0.4 is 24.8 Å². The molecule has 0 aromatic carbocycles. The van der Waals surface area contributed by atoms with Gasteiger partial charge in [-0.2, -0.15) is 17.8 Å². The van der Waals surface area contributed by atoms with Crippen molar-refractivity contribution >= 4 is 11.8 Å². The van der Waals surface area contributed by atoms with E-state index in [1.54, 1.807) is 5.57 Å². The minimum atomic E-state index is 0. The van der Waals surface area contributed by atoms with Crippen LogP contribution in [-0.4, -0.2) is 10.5 Å². The van der Waals surface area contributed by atoms with Gasteiger partial charge in [-0.15, -0.1) is 6.42 Å². The van der Waals surface area contributed by atoms with E-state index in [4.69, 9.17) is 0 Å². The van der Waals surface area contributed by atoms with Gasteiger partial charge in [0, 0.05) is 4.75 Å². The summed E-state index contributed by atoms with van der Waals surface area (Å²) in [6.45, 7) is 16.4. The molecule has 4 heteroatoms. The third-order valence-electron chi connectivity index (χ3n) is 4.94. The maximum Gasteiger partial charge on any atom is 3.00 e. The van der Waals surface area contributed by atoms with Crippen LogP contribution in [0.15, 0.2) is 41.0 Å². The molecule has 2 aliphatic rings. The summed E-state index contributed by atoms with van der Waals surface area (Å²) in [5.41, 5.74) is 4.93. The Balaban J connectivity index is 0. The molecule has 0 fully saturated rings. The van der Waals surface area contributed by atoms with Gasteiger partial charge in [0.05, 0.1) is 0 Å². The van der Waals surface area contributed by atoms with Crippen molar-refractivity contribution in [3.8, 4) is 0 Å². The first-order valence-electron chi connectivity index (χ1n) is 9.42. The van der Waals surface area contributed by atoms with Crippen molar-refractivity contribution in [2.75, 3.05) is 5.75 Å². The third kappa shape index (κ3) is 7.74. The van der Waals surface area contributed by atoms with Crippen molar-refractivity contribution in [1.82, 2.24) is 0 Å². The van der Waals surface area contributed by atoms with E-state index in [0.29, 0.717) is 0 Å². The molecule has 0 nitrogen and oxygen atoms in total. The fourth-order valence-corrected chi connectivity index (χ4v) is 5.26. The number of thioether (sulfide) groups is 1. The number of allylic oxidation sites excluding steroid dienone is 7. The second kappa shape index (κ2) is 11.7. The largest absolute Gasteiger partial charge is 3.00 e. The van der Waals surface area contributed by atoms with Crippen molar-refractivity contribution in [3.05, 3.63) is 47.1 Å². The molecule has 1 radical (unpaired) electrons. The van der Waals surface area contributed by atoms with E-state index >= 15 is 0 Å². The van der Waals surface area contributed by atoms with Gasteiger partial charge in [0.2, 0.25) is 0 Å². The number of rotatable bonds is 5. The van der Waals surface area contributed by atoms with Crippen molar-refractivity contribution in [2.45, 2.75) is 78.9 Å². The molecule has 1 atom stereocenters. The molecule has 0 aliphatic heterocycles. The Labute approximate surface area is 199 Å². The Hall–Kier alpha value is 0.604. The summed E-state index contributed by atoms with van der Waals surface area (Å²) in [6, 6.07) is 0. The SMILES string of the molecule is CCCSC1(CC2=[C-]CC=C2)CC=C(C(C)(C)C)C=C1C(C)(C)C.[Cl-].[Cl-].[Ti+3]. The van der Waals surface area contributed by atoms with Crippen LogP contribution in [0.5, 0.6) is 0 Å². The Morgan fingerprint density at radius 3 is 2.15 bits per heavy atom. The average Bonchev–Trinajstić information content (AvgIpc) is 2.96.